The molecule has 3 rings (SSSR count). The number of carbonyl (C=O) groups excluding carboxylic acids is 1. The van der Waals surface area contributed by atoms with E-state index in [2.05, 4.69) is 40.6 Å². The molecule has 0 radical (unpaired) electrons. The van der Waals surface area contributed by atoms with Crippen LogP contribution in [0.5, 0.6) is 0 Å². The Morgan fingerprint density at radius 3 is 2.60 bits per heavy atom. The van der Waals surface area contributed by atoms with Crippen LogP contribution in [0.3, 0.4) is 0 Å². The molecule has 2 N–H and O–H groups in total. The van der Waals surface area contributed by atoms with Gasteiger partial charge in [-0.15, -0.1) is 0 Å². The number of hydrogen-bond donors (Lipinski definition) is 2. The summed E-state index contributed by atoms with van der Waals surface area (Å²) in [4.78, 5) is 26.9. The zero-order valence-corrected chi connectivity index (χ0v) is 13.6. The Hall–Kier alpha value is -3.21. The van der Waals surface area contributed by atoms with Crippen molar-refractivity contribution in [2.75, 3.05) is 5.32 Å². The summed E-state index contributed by atoms with van der Waals surface area (Å²) in [6, 6.07) is 17.2. The maximum atomic E-state index is 12.0. The molecular weight excluding hydrogens is 316 g/mol. The Balaban J connectivity index is 1.53. The number of anilines is 1. The van der Waals surface area contributed by atoms with E-state index in [1.165, 1.54) is 34.7 Å². The summed E-state index contributed by atoms with van der Waals surface area (Å²) in [7, 11) is 0. The molecule has 0 aliphatic heterocycles. The van der Waals surface area contributed by atoms with Gasteiger partial charge < -0.3 is 10.4 Å². The molecule has 2 aromatic carbocycles. The number of amides is 1. The van der Waals surface area contributed by atoms with Crippen LogP contribution in [0.15, 0.2) is 60.8 Å². The van der Waals surface area contributed by atoms with Crippen LogP contribution in [0.4, 0.5) is 5.82 Å². The number of carbonyl (C=O) groups is 2. The van der Waals surface area contributed by atoms with E-state index in [9.17, 15) is 9.59 Å². The summed E-state index contributed by atoms with van der Waals surface area (Å²) in [5.74, 6) is -0.958. The predicted octanol–water partition coefficient (Wildman–Crippen LogP) is 3.89. The van der Waals surface area contributed by atoms with Crippen LogP contribution in [0.2, 0.25) is 0 Å². The van der Waals surface area contributed by atoms with Gasteiger partial charge >= 0.3 is 5.97 Å². The highest BCUT2D eigenvalue weighted by Crippen LogP contribution is 2.17. The first-order valence-electron chi connectivity index (χ1n) is 8.09. The van der Waals surface area contributed by atoms with Crippen LogP contribution in [0.1, 0.15) is 28.8 Å². The van der Waals surface area contributed by atoms with Gasteiger partial charge in [0, 0.05) is 12.6 Å². The van der Waals surface area contributed by atoms with Gasteiger partial charge in [-0.2, -0.15) is 0 Å². The number of aryl methyl sites for hydroxylation is 1. The molecular formula is C20H18N2O3. The first kappa shape index (κ1) is 16.6. The highest BCUT2D eigenvalue weighted by Gasteiger charge is 2.07. The molecule has 0 aliphatic carbocycles. The highest BCUT2D eigenvalue weighted by molar-refractivity contribution is 5.92. The van der Waals surface area contributed by atoms with E-state index in [4.69, 9.17) is 5.11 Å². The highest BCUT2D eigenvalue weighted by atomic mass is 16.4. The van der Waals surface area contributed by atoms with Crippen LogP contribution < -0.4 is 5.32 Å². The molecule has 0 atom stereocenters. The number of benzene rings is 2. The zero-order chi connectivity index (χ0) is 17.6. The van der Waals surface area contributed by atoms with Crippen molar-refractivity contribution in [3.63, 3.8) is 0 Å². The van der Waals surface area contributed by atoms with Gasteiger partial charge in [0.15, 0.2) is 0 Å². The lowest BCUT2D eigenvalue weighted by Gasteiger charge is -2.06. The average Bonchev–Trinajstić information content (AvgIpc) is 2.62. The molecule has 25 heavy (non-hydrogen) atoms. The summed E-state index contributed by atoms with van der Waals surface area (Å²) >= 11 is 0. The van der Waals surface area contributed by atoms with Gasteiger partial charge in [0.25, 0.3) is 0 Å². The van der Waals surface area contributed by atoms with Crippen LogP contribution in [-0.4, -0.2) is 22.0 Å². The Kier molecular flexibility index (Phi) is 5.04. The van der Waals surface area contributed by atoms with Gasteiger partial charge in [0.2, 0.25) is 5.91 Å². The second-order valence-electron chi connectivity index (χ2n) is 5.82. The Morgan fingerprint density at radius 1 is 1.00 bits per heavy atom. The molecule has 5 nitrogen and oxygen atoms in total. The summed E-state index contributed by atoms with van der Waals surface area (Å²) in [5, 5.41) is 14.0. The summed E-state index contributed by atoms with van der Waals surface area (Å²) in [6.45, 7) is 0. The lowest BCUT2D eigenvalue weighted by atomic mass is 10.0. The van der Waals surface area contributed by atoms with Crippen molar-refractivity contribution in [1.29, 1.82) is 0 Å². The fraction of sp³-hybridized carbons (Fsp3) is 0.150. The molecule has 3 aromatic rings. The smallest absolute Gasteiger partial charge is 0.335 e. The van der Waals surface area contributed by atoms with Gasteiger partial charge in [0.05, 0.1) is 5.56 Å². The third-order valence-corrected chi connectivity index (χ3v) is 3.96. The third kappa shape index (κ3) is 4.41. The van der Waals surface area contributed by atoms with E-state index in [0.29, 0.717) is 12.8 Å². The van der Waals surface area contributed by atoms with Crippen molar-refractivity contribution < 1.29 is 14.7 Å². The van der Waals surface area contributed by atoms with Crippen LogP contribution in [0, 0.1) is 0 Å². The Labute approximate surface area is 145 Å². The molecule has 0 unspecified atom stereocenters. The van der Waals surface area contributed by atoms with Crippen molar-refractivity contribution in [2.24, 2.45) is 0 Å². The monoisotopic (exact) mass is 334 g/mol. The van der Waals surface area contributed by atoms with Crippen molar-refractivity contribution >= 4 is 28.5 Å². The van der Waals surface area contributed by atoms with E-state index in [0.717, 1.165) is 6.42 Å². The van der Waals surface area contributed by atoms with Crippen LogP contribution in [0.25, 0.3) is 10.8 Å². The minimum Gasteiger partial charge on any atom is -0.478 e. The number of rotatable bonds is 6. The van der Waals surface area contributed by atoms with Gasteiger partial charge in [-0.1, -0.05) is 42.5 Å². The molecule has 1 heterocycles. The van der Waals surface area contributed by atoms with Crippen molar-refractivity contribution in [3.8, 4) is 0 Å². The van der Waals surface area contributed by atoms with Crippen molar-refractivity contribution in [1.82, 2.24) is 4.98 Å². The molecule has 1 amide bonds. The molecule has 0 saturated carbocycles. The third-order valence-electron chi connectivity index (χ3n) is 3.96. The molecule has 0 spiro atoms. The van der Waals surface area contributed by atoms with E-state index < -0.39 is 5.97 Å². The minimum absolute atomic E-state index is 0.0986. The second kappa shape index (κ2) is 7.57. The second-order valence-corrected chi connectivity index (χ2v) is 5.82. The minimum atomic E-state index is -1.05. The van der Waals surface area contributed by atoms with Gasteiger partial charge in [-0.25, -0.2) is 9.78 Å². The standard InChI is InChI=1S/C20H18N2O3/c23-19(22-18-13-17(20(24)25)10-11-21-18)7-3-4-14-8-9-15-5-1-2-6-16(15)12-14/h1-2,5-6,8-13H,3-4,7H2,(H,24,25)(H,21,22,23). The number of nitrogens with one attached hydrogen (secondary N) is 1. The Bertz CT molecular complexity index is 921. The maximum Gasteiger partial charge on any atom is 0.335 e. The van der Waals surface area contributed by atoms with Gasteiger partial charge in [-0.05, 0) is 41.3 Å². The van der Waals surface area contributed by atoms with Crippen LogP contribution >= 0.6 is 0 Å². The first-order valence-corrected chi connectivity index (χ1v) is 8.09. The largest absolute Gasteiger partial charge is 0.478 e. The number of nitrogens with zero attached hydrogens (tertiary/aromatic N) is 1. The van der Waals surface area contributed by atoms with E-state index in [1.54, 1.807) is 0 Å². The lowest BCUT2D eigenvalue weighted by Crippen LogP contribution is -2.13. The number of aromatic carboxylic acids is 1. The Morgan fingerprint density at radius 2 is 1.80 bits per heavy atom. The molecule has 0 aliphatic rings. The number of pyridine rings is 1. The number of hydrogen-bond acceptors (Lipinski definition) is 3. The van der Waals surface area contributed by atoms with Gasteiger partial charge in [-0.3, -0.25) is 4.79 Å². The fourth-order valence-corrected chi connectivity index (χ4v) is 2.68. The van der Waals surface area contributed by atoms with E-state index in [1.807, 2.05) is 12.1 Å². The molecule has 1 aromatic heterocycles. The van der Waals surface area contributed by atoms with Crippen molar-refractivity contribution in [2.45, 2.75) is 19.3 Å². The number of carboxylic acids is 1. The van der Waals surface area contributed by atoms with E-state index in [-0.39, 0.29) is 17.3 Å². The number of carboxylic acid groups (broad SMARTS) is 1. The lowest BCUT2D eigenvalue weighted by molar-refractivity contribution is -0.116. The summed E-state index contributed by atoms with van der Waals surface area (Å²) in [5.41, 5.74) is 1.29. The zero-order valence-electron chi connectivity index (χ0n) is 13.6. The molecule has 5 heteroatoms. The number of aromatic nitrogens is 1. The van der Waals surface area contributed by atoms with E-state index >= 15 is 0 Å². The quantitative estimate of drug-likeness (QED) is 0.716. The SMILES string of the molecule is O=C(CCCc1ccc2ccccc2c1)Nc1cc(C(=O)O)ccn1. The summed E-state index contributed by atoms with van der Waals surface area (Å²) < 4.78 is 0. The normalized spacial score (nSPS) is 10.6. The van der Waals surface area contributed by atoms with Crippen molar-refractivity contribution in [3.05, 3.63) is 71.9 Å². The number of fused-ring (bicyclic) bond motifs is 1. The average molecular weight is 334 g/mol. The predicted molar refractivity (Wildman–Crippen MR) is 96.7 cm³/mol. The molecule has 0 saturated heterocycles. The first-order chi connectivity index (χ1) is 12.1. The van der Waals surface area contributed by atoms with Gasteiger partial charge in [0.1, 0.15) is 5.82 Å². The van der Waals surface area contributed by atoms with Crippen LogP contribution in [-0.2, 0) is 11.2 Å². The fourth-order valence-electron chi connectivity index (χ4n) is 2.68. The molecule has 0 fully saturated rings. The summed E-state index contributed by atoms with van der Waals surface area (Å²) in [6.07, 6.45) is 3.24. The maximum absolute atomic E-state index is 12.0. The molecule has 0 bridgehead atoms. The molecule has 126 valence electrons. The topological polar surface area (TPSA) is 79.3 Å².